The molecule has 0 aliphatic carbocycles. The number of carbonyl (C=O) groups is 1. The number of nitrogens with zero attached hydrogens (tertiary/aromatic N) is 2. The number of fused-ring (bicyclic) bond motifs is 2. The molecule has 5 atom stereocenters. The lowest BCUT2D eigenvalue weighted by Gasteiger charge is -2.52. The fourth-order valence-electron chi connectivity index (χ4n) is 4.95. The average Bonchev–Trinajstić information content (AvgIpc) is 2.50. The minimum Gasteiger partial charge on any atom is -0.331 e. The molecule has 3 bridgehead atoms. The van der Waals surface area contributed by atoms with Gasteiger partial charge in [-0.2, -0.15) is 0 Å². The van der Waals surface area contributed by atoms with Gasteiger partial charge in [0, 0.05) is 38.0 Å². The quantitative estimate of drug-likeness (QED) is 0.686. The van der Waals surface area contributed by atoms with Gasteiger partial charge in [-0.15, -0.1) is 6.58 Å². The highest BCUT2D eigenvalue weighted by molar-refractivity contribution is 5.81. The Morgan fingerprint density at radius 3 is 3.17 bits per heavy atom. The molecule has 3 nitrogen and oxygen atoms in total. The summed E-state index contributed by atoms with van der Waals surface area (Å²) in [5.41, 5.74) is -0.00345. The summed E-state index contributed by atoms with van der Waals surface area (Å²) < 4.78 is 0. The van der Waals surface area contributed by atoms with E-state index in [-0.39, 0.29) is 5.54 Å². The first-order valence-corrected chi connectivity index (χ1v) is 7.09. The van der Waals surface area contributed by atoms with Gasteiger partial charge in [-0.25, -0.2) is 0 Å². The first-order chi connectivity index (χ1) is 8.75. The third-order valence-corrected chi connectivity index (χ3v) is 5.47. The molecule has 4 rings (SSSR count). The Hall–Kier alpha value is -1.09. The SMILES string of the molecule is C=CC[C@@H]1N2C[C@H]3C[C@H](C2)[C@]12C=CCC(=O)N2C3. The van der Waals surface area contributed by atoms with Crippen LogP contribution in [0.5, 0.6) is 0 Å². The summed E-state index contributed by atoms with van der Waals surface area (Å²) in [6.45, 7) is 7.24. The Labute approximate surface area is 108 Å². The Bertz CT molecular complexity index is 444. The van der Waals surface area contributed by atoms with Crippen molar-refractivity contribution in [3.8, 4) is 0 Å². The van der Waals surface area contributed by atoms with Gasteiger partial charge in [-0.3, -0.25) is 9.69 Å². The van der Waals surface area contributed by atoms with E-state index in [0.717, 1.165) is 13.0 Å². The molecule has 0 radical (unpaired) electrons. The molecular formula is C15H20N2O. The van der Waals surface area contributed by atoms with Gasteiger partial charge < -0.3 is 4.90 Å². The van der Waals surface area contributed by atoms with Gasteiger partial charge in [0.25, 0.3) is 0 Å². The Morgan fingerprint density at radius 2 is 2.33 bits per heavy atom. The van der Waals surface area contributed by atoms with Crippen LogP contribution in [-0.4, -0.2) is 46.9 Å². The van der Waals surface area contributed by atoms with Gasteiger partial charge >= 0.3 is 0 Å². The zero-order valence-corrected chi connectivity index (χ0v) is 10.7. The topological polar surface area (TPSA) is 23.6 Å². The zero-order valence-electron chi connectivity index (χ0n) is 10.7. The molecule has 3 heteroatoms. The second kappa shape index (κ2) is 3.47. The summed E-state index contributed by atoms with van der Waals surface area (Å²) in [5.74, 6) is 1.68. The van der Waals surface area contributed by atoms with Crippen LogP contribution < -0.4 is 0 Å². The minimum atomic E-state index is -0.00345. The first-order valence-electron chi connectivity index (χ1n) is 7.09. The van der Waals surface area contributed by atoms with E-state index in [4.69, 9.17) is 0 Å². The van der Waals surface area contributed by atoms with Crippen molar-refractivity contribution < 1.29 is 4.79 Å². The Morgan fingerprint density at radius 1 is 1.44 bits per heavy atom. The van der Waals surface area contributed by atoms with Gasteiger partial charge in [0.05, 0.1) is 5.54 Å². The molecule has 0 saturated carbocycles. The van der Waals surface area contributed by atoms with Crippen LogP contribution in [0.15, 0.2) is 24.8 Å². The van der Waals surface area contributed by atoms with Gasteiger partial charge in [0.15, 0.2) is 0 Å². The molecular weight excluding hydrogens is 224 g/mol. The number of rotatable bonds is 2. The molecule has 18 heavy (non-hydrogen) atoms. The zero-order chi connectivity index (χ0) is 12.3. The highest BCUT2D eigenvalue weighted by atomic mass is 16.2. The maximum Gasteiger partial charge on any atom is 0.227 e. The molecule has 4 heterocycles. The molecule has 1 amide bonds. The van der Waals surface area contributed by atoms with E-state index < -0.39 is 0 Å². The van der Waals surface area contributed by atoms with Crippen LogP contribution in [0.2, 0.25) is 0 Å². The Balaban J connectivity index is 1.87. The van der Waals surface area contributed by atoms with Crippen molar-refractivity contribution in [2.45, 2.75) is 30.8 Å². The summed E-state index contributed by atoms with van der Waals surface area (Å²) in [7, 11) is 0. The van der Waals surface area contributed by atoms with Crippen LogP contribution in [-0.2, 0) is 4.79 Å². The molecule has 3 fully saturated rings. The van der Waals surface area contributed by atoms with Crippen molar-refractivity contribution in [1.82, 2.24) is 9.80 Å². The molecule has 4 aliphatic rings. The predicted octanol–water partition coefficient (Wildman–Crippen LogP) is 1.42. The number of amides is 1. The number of hydrogen-bond acceptors (Lipinski definition) is 2. The summed E-state index contributed by atoms with van der Waals surface area (Å²) in [6, 6.07) is 0.466. The van der Waals surface area contributed by atoms with Crippen molar-refractivity contribution in [2.24, 2.45) is 11.8 Å². The lowest BCUT2D eigenvalue weighted by molar-refractivity contribution is -0.141. The molecule has 0 aromatic carbocycles. The van der Waals surface area contributed by atoms with E-state index in [2.05, 4.69) is 28.5 Å². The van der Waals surface area contributed by atoms with Gasteiger partial charge in [0.1, 0.15) is 0 Å². The average molecular weight is 244 g/mol. The van der Waals surface area contributed by atoms with Crippen molar-refractivity contribution in [1.29, 1.82) is 0 Å². The van der Waals surface area contributed by atoms with Crippen molar-refractivity contribution in [3.63, 3.8) is 0 Å². The maximum absolute atomic E-state index is 12.3. The third kappa shape index (κ3) is 1.11. The van der Waals surface area contributed by atoms with Crippen LogP contribution in [0.4, 0.5) is 0 Å². The van der Waals surface area contributed by atoms with Crippen LogP contribution in [0.25, 0.3) is 0 Å². The molecule has 0 aromatic rings. The van der Waals surface area contributed by atoms with Crippen LogP contribution >= 0.6 is 0 Å². The van der Waals surface area contributed by atoms with Gasteiger partial charge in [-0.05, 0) is 18.8 Å². The largest absolute Gasteiger partial charge is 0.331 e. The standard InChI is InChI=1S/C15H20N2O/c1-2-4-13-15-6-3-5-14(18)17(15)9-11-7-12(15)10-16(13)8-11/h2-3,6,11-13H,1,4-5,7-10H2/t11-,12-,13+,15-/m1/s1. The highest BCUT2D eigenvalue weighted by Crippen LogP contribution is 2.53. The summed E-state index contributed by atoms with van der Waals surface area (Å²) in [4.78, 5) is 17.1. The van der Waals surface area contributed by atoms with Crippen LogP contribution in [0.3, 0.4) is 0 Å². The van der Waals surface area contributed by atoms with Crippen molar-refractivity contribution in [3.05, 3.63) is 24.8 Å². The van der Waals surface area contributed by atoms with E-state index in [0.29, 0.717) is 30.2 Å². The second-order valence-electron chi connectivity index (χ2n) is 6.29. The normalized spacial score (nSPS) is 48.4. The van der Waals surface area contributed by atoms with E-state index in [1.54, 1.807) is 0 Å². The van der Waals surface area contributed by atoms with Gasteiger partial charge in [0.2, 0.25) is 5.91 Å². The van der Waals surface area contributed by atoms with E-state index in [1.807, 2.05) is 6.08 Å². The lowest BCUT2D eigenvalue weighted by atomic mass is 9.70. The smallest absolute Gasteiger partial charge is 0.227 e. The van der Waals surface area contributed by atoms with E-state index in [1.165, 1.54) is 19.5 Å². The third-order valence-electron chi connectivity index (χ3n) is 5.47. The summed E-state index contributed by atoms with van der Waals surface area (Å²) >= 11 is 0. The fraction of sp³-hybridized carbons (Fsp3) is 0.667. The maximum atomic E-state index is 12.3. The summed E-state index contributed by atoms with van der Waals surface area (Å²) in [6.07, 6.45) is 9.39. The second-order valence-corrected chi connectivity index (χ2v) is 6.29. The predicted molar refractivity (Wildman–Crippen MR) is 70.0 cm³/mol. The minimum absolute atomic E-state index is 0.00345. The molecule has 1 unspecified atom stereocenters. The molecule has 0 N–H and O–H groups in total. The molecule has 0 aromatic heterocycles. The van der Waals surface area contributed by atoms with Crippen LogP contribution in [0, 0.1) is 11.8 Å². The molecule has 96 valence electrons. The van der Waals surface area contributed by atoms with Crippen molar-refractivity contribution in [2.75, 3.05) is 19.6 Å². The van der Waals surface area contributed by atoms with Gasteiger partial charge in [-0.1, -0.05) is 18.2 Å². The lowest BCUT2D eigenvalue weighted by Crippen LogP contribution is -2.63. The molecule has 4 aliphatic heterocycles. The molecule has 1 spiro atoms. The number of hydrogen-bond donors (Lipinski definition) is 0. The molecule has 3 saturated heterocycles. The number of piperidine rings is 2. The monoisotopic (exact) mass is 244 g/mol. The summed E-state index contributed by atoms with van der Waals surface area (Å²) in [5, 5.41) is 0. The first kappa shape index (κ1) is 10.8. The van der Waals surface area contributed by atoms with Crippen LogP contribution in [0.1, 0.15) is 19.3 Å². The van der Waals surface area contributed by atoms with E-state index in [9.17, 15) is 4.79 Å². The van der Waals surface area contributed by atoms with Crippen molar-refractivity contribution >= 4 is 5.91 Å². The fourth-order valence-corrected chi connectivity index (χ4v) is 4.95. The Kier molecular flexibility index (Phi) is 2.08. The number of carbonyl (C=O) groups excluding carboxylic acids is 1. The van der Waals surface area contributed by atoms with E-state index >= 15 is 0 Å². The highest BCUT2D eigenvalue weighted by Gasteiger charge is 2.62.